The van der Waals surface area contributed by atoms with Crippen LogP contribution in [0.3, 0.4) is 0 Å². The molecule has 2 aliphatic heterocycles. The summed E-state index contributed by atoms with van der Waals surface area (Å²) in [5.41, 5.74) is 1.01. The molecule has 146 valence electrons. The van der Waals surface area contributed by atoms with Crippen LogP contribution in [0.4, 0.5) is 0 Å². The fraction of sp³-hybridized carbons (Fsp3) is 0.476. The van der Waals surface area contributed by atoms with Crippen LogP contribution >= 0.6 is 0 Å². The molecule has 3 heterocycles. The summed E-state index contributed by atoms with van der Waals surface area (Å²) in [6, 6.07) is 7.13. The number of hydrogen-bond acceptors (Lipinski definition) is 6. The maximum absolute atomic E-state index is 12.9. The summed E-state index contributed by atoms with van der Waals surface area (Å²) in [7, 11) is 0. The predicted molar refractivity (Wildman–Crippen MR) is 98.9 cm³/mol. The number of aromatic nitrogens is 1. The molecule has 5 rings (SSSR count). The van der Waals surface area contributed by atoms with Crippen molar-refractivity contribution in [3.63, 3.8) is 0 Å². The first-order chi connectivity index (χ1) is 13.7. The Hall–Kier alpha value is -2.83. The highest BCUT2D eigenvalue weighted by atomic mass is 16.6. The van der Waals surface area contributed by atoms with Crippen molar-refractivity contribution in [3.8, 4) is 11.5 Å². The molecule has 1 aliphatic carbocycles. The van der Waals surface area contributed by atoms with E-state index in [9.17, 15) is 9.59 Å². The van der Waals surface area contributed by atoms with Gasteiger partial charge in [0.25, 0.3) is 5.91 Å². The van der Waals surface area contributed by atoms with Gasteiger partial charge in [0.05, 0.1) is 0 Å². The fourth-order valence-corrected chi connectivity index (χ4v) is 3.89. The van der Waals surface area contributed by atoms with Crippen LogP contribution in [0.2, 0.25) is 0 Å². The zero-order valence-corrected chi connectivity index (χ0v) is 15.6. The van der Waals surface area contributed by atoms with Gasteiger partial charge >= 0.3 is 0 Å². The zero-order valence-electron chi connectivity index (χ0n) is 15.6. The first-order valence-corrected chi connectivity index (χ1v) is 9.89. The van der Waals surface area contributed by atoms with E-state index in [0.29, 0.717) is 67.8 Å². The molecule has 0 atom stereocenters. The van der Waals surface area contributed by atoms with Crippen molar-refractivity contribution in [2.75, 3.05) is 26.3 Å². The summed E-state index contributed by atoms with van der Waals surface area (Å²) in [6.45, 7) is 2.12. The maximum atomic E-state index is 12.9. The topological polar surface area (TPSA) is 81.9 Å². The van der Waals surface area contributed by atoms with Crippen molar-refractivity contribution in [2.24, 2.45) is 5.92 Å². The number of likely N-dealkylation sites (tertiary alicyclic amines) is 1. The van der Waals surface area contributed by atoms with Gasteiger partial charge in [-0.25, -0.2) is 0 Å². The standard InChI is InChI=1S/C21H22N2O5/c24-20(15-3-4-17-19(11-15)27-10-9-26-17)14-5-7-23(8-6-14)21(25)16-12-18(28-22-16)13-1-2-13/h3-4,11-14H,1-2,5-10H2. The number of carbonyl (C=O) groups excluding carboxylic acids is 2. The van der Waals surface area contributed by atoms with Gasteiger partial charge in [-0.1, -0.05) is 5.16 Å². The molecule has 28 heavy (non-hydrogen) atoms. The van der Waals surface area contributed by atoms with Gasteiger partial charge in [-0.3, -0.25) is 9.59 Å². The Kier molecular flexibility index (Phi) is 4.30. The highest BCUT2D eigenvalue weighted by Crippen LogP contribution is 2.40. The van der Waals surface area contributed by atoms with Gasteiger partial charge in [0.1, 0.15) is 19.0 Å². The molecule has 0 N–H and O–H groups in total. The quantitative estimate of drug-likeness (QED) is 0.756. The summed E-state index contributed by atoms with van der Waals surface area (Å²) in [5.74, 6) is 2.45. The third kappa shape index (κ3) is 3.25. The van der Waals surface area contributed by atoms with Gasteiger partial charge in [-0.15, -0.1) is 0 Å². The van der Waals surface area contributed by atoms with E-state index in [1.165, 1.54) is 0 Å². The number of rotatable bonds is 4. The Balaban J connectivity index is 1.21. The van der Waals surface area contributed by atoms with Gasteiger partial charge in [-0.2, -0.15) is 0 Å². The average Bonchev–Trinajstić information content (AvgIpc) is 3.49. The van der Waals surface area contributed by atoms with E-state index in [2.05, 4.69) is 5.16 Å². The lowest BCUT2D eigenvalue weighted by atomic mass is 9.88. The highest BCUT2D eigenvalue weighted by Gasteiger charge is 2.32. The first-order valence-electron chi connectivity index (χ1n) is 9.89. The summed E-state index contributed by atoms with van der Waals surface area (Å²) in [4.78, 5) is 27.3. The third-order valence-corrected chi connectivity index (χ3v) is 5.71. The van der Waals surface area contributed by atoms with Gasteiger partial charge in [0, 0.05) is 36.6 Å². The van der Waals surface area contributed by atoms with Crippen molar-refractivity contribution < 1.29 is 23.6 Å². The SMILES string of the molecule is O=C(c1ccc2c(c1)OCCO2)C1CCN(C(=O)c2cc(C3CC3)on2)CC1. The highest BCUT2D eigenvalue weighted by molar-refractivity contribution is 5.99. The number of hydrogen-bond donors (Lipinski definition) is 0. The molecule has 2 aromatic rings. The summed E-state index contributed by atoms with van der Waals surface area (Å²) >= 11 is 0. The molecule has 0 unspecified atom stereocenters. The van der Waals surface area contributed by atoms with Crippen LogP contribution in [0.25, 0.3) is 0 Å². The summed E-state index contributed by atoms with van der Waals surface area (Å²) in [5, 5.41) is 3.94. The zero-order chi connectivity index (χ0) is 19.1. The lowest BCUT2D eigenvalue weighted by Gasteiger charge is -2.31. The van der Waals surface area contributed by atoms with E-state index in [4.69, 9.17) is 14.0 Å². The van der Waals surface area contributed by atoms with Gasteiger partial charge in [-0.05, 0) is 43.9 Å². The van der Waals surface area contributed by atoms with Crippen LogP contribution in [0.5, 0.6) is 11.5 Å². The maximum Gasteiger partial charge on any atom is 0.276 e. The Labute approximate surface area is 162 Å². The number of carbonyl (C=O) groups is 2. The van der Waals surface area contributed by atoms with Crippen molar-refractivity contribution in [1.82, 2.24) is 10.1 Å². The number of fused-ring (bicyclic) bond motifs is 1. The second-order valence-electron chi connectivity index (χ2n) is 7.68. The van der Waals surface area contributed by atoms with Crippen LogP contribution < -0.4 is 9.47 Å². The molecule has 1 amide bonds. The van der Waals surface area contributed by atoms with E-state index in [1.807, 2.05) is 0 Å². The van der Waals surface area contributed by atoms with Gasteiger partial charge in [0.2, 0.25) is 0 Å². The largest absolute Gasteiger partial charge is 0.486 e. The molecule has 1 saturated heterocycles. The van der Waals surface area contributed by atoms with E-state index < -0.39 is 0 Å². The minimum absolute atomic E-state index is 0.0917. The van der Waals surface area contributed by atoms with Crippen LogP contribution in [0.15, 0.2) is 28.8 Å². The molecule has 0 spiro atoms. The van der Waals surface area contributed by atoms with Crippen molar-refractivity contribution in [1.29, 1.82) is 0 Å². The normalized spacial score (nSPS) is 19.5. The van der Waals surface area contributed by atoms with E-state index in [1.54, 1.807) is 29.2 Å². The second-order valence-corrected chi connectivity index (χ2v) is 7.68. The molecule has 3 aliphatic rings. The lowest BCUT2D eigenvalue weighted by molar-refractivity contribution is 0.0641. The minimum atomic E-state index is -0.110. The van der Waals surface area contributed by atoms with Crippen LogP contribution in [-0.2, 0) is 0 Å². The lowest BCUT2D eigenvalue weighted by Crippen LogP contribution is -2.40. The average molecular weight is 382 g/mol. The molecule has 1 saturated carbocycles. The van der Waals surface area contributed by atoms with Crippen LogP contribution in [-0.4, -0.2) is 48.1 Å². The summed E-state index contributed by atoms with van der Waals surface area (Å²) < 4.78 is 16.4. The van der Waals surface area contributed by atoms with Crippen molar-refractivity contribution in [3.05, 3.63) is 41.3 Å². The van der Waals surface area contributed by atoms with E-state index in [-0.39, 0.29) is 17.6 Å². The number of ketones is 1. The third-order valence-electron chi connectivity index (χ3n) is 5.71. The van der Waals surface area contributed by atoms with Gasteiger partial charge < -0.3 is 18.9 Å². The number of nitrogens with zero attached hydrogens (tertiary/aromatic N) is 2. The molecular weight excluding hydrogens is 360 g/mol. The van der Waals surface area contributed by atoms with Crippen LogP contribution in [0, 0.1) is 5.92 Å². The molecule has 1 aromatic carbocycles. The Morgan fingerprint density at radius 2 is 1.71 bits per heavy atom. The predicted octanol–water partition coefficient (Wildman–Crippen LogP) is 3.06. The van der Waals surface area contributed by atoms with Crippen molar-refractivity contribution >= 4 is 11.7 Å². The van der Waals surface area contributed by atoms with Crippen molar-refractivity contribution in [2.45, 2.75) is 31.6 Å². The molecule has 1 aromatic heterocycles. The molecular formula is C21H22N2O5. The first kappa shape index (κ1) is 17.3. The monoisotopic (exact) mass is 382 g/mol. The Bertz CT molecular complexity index is 909. The smallest absolute Gasteiger partial charge is 0.276 e. The van der Waals surface area contributed by atoms with Gasteiger partial charge in [0.15, 0.2) is 23.0 Å². The fourth-order valence-electron chi connectivity index (χ4n) is 3.89. The molecule has 0 radical (unpaired) electrons. The molecule has 7 heteroatoms. The Morgan fingerprint density at radius 1 is 0.964 bits per heavy atom. The summed E-state index contributed by atoms with van der Waals surface area (Å²) in [6.07, 6.45) is 3.51. The Morgan fingerprint density at radius 3 is 2.46 bits per heavy atom. The number of benzene rings is 1. The number of amides is 1. The van der Waals surface area contributed by atoms with Crippen LogP contribution in [0.1, 0.15) is 58.2 Å². The van der Waals surface area contributed by atoms with E-state index >= 15 is 0 Å². The molecule has 2 fully saturated rings. The molecule has 7 nitrogen and oxygen atoms in total. The van der Waals surface area contributed by atoms with E-state index in [0.717, 1.165) is 18.6 Å². The number of Topliss-reactive ketones (excluding diaryl/α,β-unsaturated/α-hetero) is 1. The number of ether oxygens (including phenoxy) is 2. The minimum Gasteiger partial charge on any atom is -0.486 e. The molecule has 0 bridgehead atoms. The second kappa shape index (κ2) is 6.96. The number of piperidine rings is 1.